The van der Waals surface area contributed by atoms with Crippen molar-refractivity contribution in [3.8, 4) is 0 Å². The minimum Gasteiger partial charge on any atom is -0.463 e. The Hall–Kier alpha value is -3.27. The van der Waals surface area contributed by atoms with Crippen LogP contribution in [0, 0.1) is 0 Å². The topological polar surface area (TPSA) is 109 Å². The fraction of sp³-hybridized carbons (Fsp3) is 0.423. The SMILES string of the molecule is CC(=O)N[C@H]1[C@@H](OCc2ccccc2)O[C@H](COC(C)=O)[C@@H](OCc2ccccc2)[C@@H]1OC(C)=O. The molecule has 1 amide bonds. The third-order valence-electron chi connectivity index (χ3n) is 5.31. The molecule has 0 radical (unpaired) electrons. The zero-order valence-corrected chi connectivity index (χ0v) is 20.0. The highest BCUT2D eigenvalue weighted by molar-refractivity contribution is 5.73. The number of esters is 2. The quantitative estimate of drug-likeness (QED) is 0.512. The molecule has 5 atom stereocenters. The summed E-state index contributed by atoms with van der Waals surface area (Å²) in [5.74, 6) is -1.41. The van der Waals surface area contributed by atoms with Crippen LogP contribution in [0.2, 0.25) is 0 Å². The molecule has 35 heavy (non-hydrogen) atoms. The summed E-state index contributed by atoms with van der Waals surface area (Å²) in [5.41, 5.74) is 1.78. The molecular formula is C26H31NO8. The first-order valence-corrected chi connectivity index (χ1v) is 11.4. The lowest BCUT2D eigenvalue weighted by molar-refractivity contribution is -0.286. The Bertz CT molecular complexity index is 968. The molecule has 1 saturated heterocycles. The van der Waals surface area contributed by atoms with Gasteiger partial charge in [0.15, 0.2) is 12.4 Å². The molecule has 1 N–H and O–H groups in total. The lowest BCUT2D eigenvalue weighted by Crippen LogP contribution is -2.66. The summed E-state index contributed by atoms with van der Waals surface area (Å²) in [5, 5.41) is 2.78. The Morgan fingerprint density at radius 1 is 0.800 bits per heavy atom. The van der Waals surface area contributed by atoms with E-state index in [-0.39, 0.29) is 25.7 Å². The smallest absolute Gasteiger partial charge is 0.303 e. The van der Waals surface area contributed by atoms with Gasteiger partial charge in [0.2, 0.25) is 5.91 Å². The molecule has 1 heterocycles. The van der Waals surface area contributed by atoms with E-state index in [1.54, 1.807) is 0 Å². The van der Waals surface area contributed by atoms with E-state index < -0.39 is 42.6 Å². The summed E-state index contributed by atoms with van der Waals surface area (Å²) in [6.45, 7) is 4.13. The number of rotatable bonds is 10. The number of hydrogen-bond donors (Lipinski definition) is 1. The van der Waals surface area contributed by atoms with Crippen LogP contribution >= 0.6 is 0 Å². The molecule has 1 aliphatic heterocycles. The van der Waals surface area contributed by atoms with Gasteiger partial charge in [-0.25, -0.2) is 0 Å². The van der Waals surface area contributed by atoms with Crippen LogP contribution < -0.4 is 5.32 Å². The van der Waals surface area contributed by atoms with Gasteiger partial charge in [0.1, 0.15) is 24.9 Å². The van der Waals surface area contributed by atoms with E-state index in [2.05, 4.69) is 5.32 Å². The molecular weight excluding hydrogens is 454 g/mol. The minimum absolute atomic E-state index is 0.148. The molecule has 9 nitrogen and oxygen atoms in total. The van der Waals surface area contributed by atoms with Crippen LogP contribution in [0.3, 0.4) is 0 Å². The zero-order chi connectivity index (χ0) is 25.2. The van der Waals surface area contributed by atoms with Crippen molar-refractivity contribution < 1.29 is 38.1 Å². The fourth-order valence-corrected chi connectivity index (χ4v) is 3.82. The van der Waals surface area contributed by atoms with Crippen molar-refractivity contribution in [1.29, 1.82) is 0 Å². The minimum atomic E-state index is -0.999. The second-order valence-electron chi connectivity index (χ2n) is 8.20. The van der Waals surface area contributed by atoms with Crippen molar-refractivity contribution >= 4 is 17.8 Å². The van der Waals surface area contributed by atoms with E-state index >= 15 is 0 Å². The third kappa shape index (κ3) is 8.17. The second kappa shape index (κ2) is 13.0. The number of amides is 1. The Kier molecular flexibility index (Phi) is 9.77. The van der Waals surface area contributed by atoms with E-state index in [0.717, 1.165) is 11.1 Å². The summed E-state index contributed by atoms with van der Waals surface area (Å²) in [6.07, 6.45) is -3.64. The van der Waals surface area contributed by atoms with Gasteiger partial charge in [-0.15, -0.1) is 0 Å². The maximum absolute atomic E-state index is 12.1. The predicted molar refractivity (Wildman–Crippen MR) is 125 cm³/mol. The largest absolute Gasteiger partial charge is 0.463 e. The first kappa shape index (κ1) is 26.3. The van der Waals surface area contributed by atoms with Gasteiger partial charge in [-0.3, -0.25) is 14.4 Å². The third-order valence-corrected chi connectivity index (χ3v) is 5.31. The molecule has 1 aliphatic rings. The van der Waals surface area contributed by atoms with Crippen LogP contribution in [-0.4, -0.2) is 55.1 Å². The normalized spacial score (nSPS) is 23.8. The number of carbonyl (C=O) groups is 3. The van der Waals surface area contributed by atoms with Gasteiger partial charge in [-0.05, 0) is 11.1 Å². The van der Waals surface area contributed by atoms with Gasteiger partial charge < -0.3 is 29.0 Å². The Labute approximate surface area is 204 Å². The number of benzene rings is 2. The summed E-state index contributed by atoms with van der Waals surface area (Å²) in [7, 11) is 0. The van der Waals surface area contributed by atoms with Gasteiger partial charge in [0.05, 0.1) is 13.2 Å². The first-order chi connectivity index (χ1) is 16.8. The first-order valence-electron chi connectivity index (χ1n) is 11.4. The molecule has 2 aromatic carbocycles. The summed E-state index contributed by atoms with van der Waals surface area (Å²) in [6, 6.07) is 18.0. The maximum atomic E-state index is 12.1. The van der Waals surface area contributed by atoms with Gasteiger partial charge in [-0.2, -0.15) is 0 Å². The van der Waals surface area contributed by atoms with E-state index in [4.69, 9.17) is 23.7 Å². The van der Waals surface area contributed by atoms with Crippen LogP contribution in [0.25, 0.3) is 0 Å². The molecule has 3 rings (SSSR count). The highest BCUT2D eigenvalue weighted by Gasteiger charge is 2.50. The molecule has 188 valence electrons. The Balaban J connectivity index is 1.88. The van der Waals surface area contributed by atoms with Crippen molar-refractivity contribution in [2.24, 2.45) is 0 Å². The van der Waals surface area contributed by atoms with Crippen molar-refractivity contribution in [2.45, 2.75) is 64.6 Å². The monoisotopic (exact) mass is 485 g/mol. The van der Waals surface area contributed by atoms with Crippen LogP contribution in [0.4, 0.5) is 0 Å². The molecule has 1 fully saturated rings. The number of carbonyl (C=O) groups excluding carboxylic acids is 3. The maximum Gasteiger partial charge on any atom is 0.303 e. The average molecular weight is 486 g/mol. The summed E-state index contributed by atoms with van der Waals surface area (Å²) < 4.78 is 29.2. The molecule has 0 bridgehead atoms. The van der Waals surface area contributed by atoms with Gasteiger partial charge in [0.25, 0.3) is 0 Å². The summed E-state index contributed by atoms with van der Waals surface area (Å²) >= 11 is 0. The number of nitrogens with one attached hydrogen (secondary N) is 1. The average Bonchev–Trinajstić information content (AvgIpc) is 2.83. The van der Waals surface area contributed by atoms with E-state index in [9.17, 15) is 14.4 Å². The molecule has 0 saturated carbocycles. The Morgan fingerprint density at radius 3 is 1.89 bits per heavy atom. The number of hydrogen-bond acceptors (Lipinski definition) is 8. The van der Waals surface area contributed by atoms with Crippen molar-refractivity contribution in [3.63, 3.8) is 0 Å². The molecule has 0 spiro atoms. The second-order valence-corrected chi connectivity index (χ2v) is 8.20. The van der Waals surface area contributed by atoms with E-state index in [0.29, 0.717) is 0 Å². The van der Waals surface area contributed by atoms with Crippen molar-refractivity contribution in [3.05, 3.63) is 71.8 Å². The van der Waals surface area contributed by atoms with Gasteiger partial charge >= 0.3 is 11.9 Å². The Morgan fingerprint density at radius 2 is 1.37 bits per heavy atom. The molecule has 9 heteroatoms. The van der Waals surface area contributed by atoms with Crippen LogP contribution in [0.15, 0.2) is 60.7 Å². The number of ether oxygens (including phenoxy) is 5. The fourth-order valence-electron chi connectivity index (χ4n) is 3.82. The van der Waals surface area contributed by atoms with Crippen molar-refractivity contribution in [1.82, 2.24) is 5.32 Å². The van der Waals surface area contributed by atoms with Crippen molar-refractivity contribution in [2.75, 3.05) is 6.61 Å². The van der Waals surface area contributed by atoms with E-state index in [1.165, 1.54) is 20.8 Å². The van der Waals surface area contributed by atoms with E-state index in [1.807, 2.05) is 60.7 Å². The highest BCUT2D eigenvalue weighted by Crippen LogP contribution is 2.29. The standard InChI is InChI=1S/C26H31NO8/c1-17(28)27-23-25(34-19(3)30)24(32-14-20-10-6-4-7-11-20)22(16-31-18(2)29)35-26(23)33-15-21-12-8-5-9-13-21/h4-13,22-26H,14-16H2,1-3H3,(H,27,28)/t22-,23-,24-,25-,26+/m1/s1. The highest BCUT2D eigenvalue weighted by atomic mass is 16.7. The van der Waals surface area contributed by atoms with Crippen LogP contribution in [0.5, 0.6) is 0 Å². The lowest BCUT2D eigenvalue weighted by Gasteiger charge is -2.45. The molecule has 0 aromatic heterocycles. The van der Waals surface area contributed by atoms with Gasteiger partial charge in [-0.1, -0.05) is 60.7 Å². The molecule has 0 aliphatic carbocycles. The van der Waals surface area contributed by atoms with Crippen LogP contribution in [0.1, 0.15) is 31.9 Å². The van der Waals surface area contributed by atoms with Gasteiger partial charge in [0, 0.05) is 20.8 Å². The lowest BCUT2D eigenvalue weighted by atomic mass is 9.96. The zero-order valence-electron chi connectivity index (χ0n) is 20.0. The molecule has 0 unspecified atom stereocenters. The summed E-state index contributed by atoms with van der Waals surface area (Å²) in [4.78, 5) is 35.7. The molecule has 2 aromatic rings. The van der Waals surface area contributed by atoms with Crippen LogP contribution in [-0.2, 0) is 51.3 Å². The predicted octanol–water partition coefficient (Wildman–Crippen LogP) is 2.51.